The highest BCUT2D eigenvalue weighted by Gasteiger charge is 2.07. The predicted octanol–water partition coefficient (Wildman–Crippen LogP) is 4.05. The van der Waals surface area contributed by atoms with Crippen molar-refractivity contribution in [1.82, 2.24) is 9.38 Å². The molecule has 0 aliphatic carbocycles. The van der Waals surface area contributed by atoms with Gasteiger partial charge in [-0.05, 0) is 37.6 Å². The molecule has 0 aliphatic heterocycles. The molecule has 2 heterocycles. The Hall–Kier alpha value is -2.39. The summed E-state index contributed by atoms with van der Waals surface area (Å²) in [6.07, 6.45) is 1.81. The molecule has 0 saturated carbocycles. The van der Waals surface area contributed by atoms with Crippen LogP contribution in [0.15, 0.2) is 53.3 Å². The fourth-order valence-corrected chi connectivity index (χ4v) is 2.54. The van der Waals surface area contributed by atoms with Gasteiger partial charge in [0, 0.05) is 11.8 Å². The molecule has 0 unspecified atom stereocenters. The van der Waals surface area contributed by atoms with E-state index in [-0.39, 0.29) is 5.56 Å². The van der Waals surface area contributed by atoms with Gasteiger partial charge in [-0.1, -0.05) is 47.5 Å². The molecule has 4 heteroatoms. The number of nitrogens with zero attached hydrogens (tertiary/aromatic N) is 2. The van der Waals surface area contributed by atoms with Gasteiger partial charge in [0.1, 0.15) is 5.65 Å². The number of aromatic nitrogens is 2. The zero-order chi connectivity index (χ0) is 15.7. The second-order valence-electron chi connectivity index (χ2n) is 5.24. The number of halogens is 1. The number of hydrogen-bond acceptors (Lipinski definition) is 2. The minimum Gasteiger partial charge on any atom is -0.269 e. The van der Waals surface area contributed by atoms with Gasteiger partial charge < -0.3 is 0 Å². The van der Waals surface area contributed by atoms with E-state index in [9.17, 15) is 4.79 Å². The second-order valence-corrected chi connectivity index (χ2v) is 5.65. The third-order valence-corrected chi connectivity index (χ3v) is 3.80. The fourth-order valence-electron chi connectivity index (χ4n) is 2.32. The molecular weight excluding hydrogens is 296 g/mol. The molecule has 0 N–H and O–H groups in total. The van der Waals surface area contributed by atoms with Crippen LogP contribution in [0.5, 0.6) is 0 Å². The molecule has 3 rings (SSSR count). The van der Waals surface area contributed by atoms with Gasteiger partial charge in [0.2, 0.25) is 0 Å². The lowest BCUT2D eigenvalue weighted by atomic mass is 10.1. The Morgan fingerprint density at radius 3 is 2.59 bits per heavy atom. The number of pyridine rings is 1. The van der Waals surface area contributed by atoms with E-state index in [1.54, 1.807) is 10.5 Å². The maximum atomic E-state index is 12.3. The molecule has 0 aliphatic rings. The molecule has 0 fully saturated rings. The fraction of sp³-hybridized carbons (Fsp3) is 0.111. The van der Waals surface area contributed by atoms with Crippen LogP contribution in [-0.2, 0) is 0 Å². The van der Waals surface area contributed by atoms with Crippen molar-refractivity contribution < 1.29 is 0 Å². The summed E-state index contributed by atoms with van der Waals surface area (Å²) in [7, 11) is 0. The van der Waals surface area contributed by atoms with E-state index in [0.29, 0.717) is 16.4 Å². The number of hydrogen-bond donors (Lipinski definition) is 0. The van der Waals surface area contributed by atoms with Crippen LogP contribution in [0.1, 0.15) is 22.5 Å². The lowest BCUT2D eigenvalue weighted by Crippen LogP contribution is -2.16. The van der Waals surface area contributed by atoms with E-state index in [4.69, 9.17) is 11.6 Å². The third-order valence-electron chi connectivity index (χ3n) is 3.50. The highest BCUT2D eigenvalue weighted by molar-refractivity contribution is 6.51. The first-order valence-electron chi connectivity index (χ1n) is 6.98. The van der Waals surface area contributed by atoms with Crippen LogP contribution in [-0.4, -0.2) is 9.38 Å². The maximum Gasteiger partial charge on any atom is 0.258 e. The van der Waals surface area contributed by atoms with Gasteiger partial charge in [-0.25, -0.2) is 4.98 Å². The van der Waals surface area contributed by atoms with Crippen molar-refractivity contribution in [3.63, 3.8) is 0 Å². The first kappa shape index (κ1) is 14.5. The normalized spacial score (nSPS) is 11.9. The van der Waals surface area contributed by atoms with E-state index in [1.807, 2.05) is 56.3 Å². The molecule has 0 amide bonds. The minimum atomic E-state index is -0.131. The molecule has 0 saturated heterocycles. The Labute approximate surface area is 133 Å². The number of rotatable bonds is 2. The molecule has 3 aromatic rings. The van der Waals surface area contributed by atoms with E-state index >= 15 is 0 Å². The van der Waals surface area contributed by atoms with Crippen LogP contribution in [0, 0.1) is 13.8 Å². The average Bonchev–Trinajstić information content (AvgIpc) is 2.49. The van der Waals surface area contributed by atoms with Crippen molar-refractivity contribution in [2.24, 2.45) is 0 Å². The van der Waals surface area contributed by atoms with Gasteiger partial charge in [0.25, 0.3) is 5.56 Å². The summed E-state index contributed by atoms with van der Waals surface area (Å²) in [5.41, 5.74) is 3.96. The lowest BCUT2D eigenvalue weighted by Gasteiger charge is -2.06. The predicted molar refractivity (Wildman–Crippen MR) is 91.1 cm³/mol. The van der Waals surface area contributed by atoms with Crippen LogP contribution >= 0.6 is 11.6 Å². The number of aryl methyl sites for hydroxylation is 2. The topological polar surface area (TPSA) is 34.4 Å². The smallest absolute Gasteiger partial charge is 0.258 e. The van der Waals surface area contributed by atoms with Crippen molar-refractivity contribution in [2.75, 3.05) is 0 Å². The van der Waals surface area contributed by atoms with Gasteiger partial charge in [-0.2, -0.15) is 0 Å². The quantitative estimate of drug-likeness (QED) is 0.715. The first-order valence-corrected chi connectivity index (χ1v) is 7.36. The van der Waals surface area contributed by atoms with Gasteiger partial charge >= 0.3 is 0 Å². The Bertz CT molecular complexity index is 924. The molecular formula is C18H15ClN2O. The third kappa shape index (κ3) is 2.81. The molecule has 0 bridgehead atoms. The van der Waals surface area contributed by atoms with Gasteiger partial charge in [-0.15, -0.1) is 0 Å². The van der Waals surface area contributed by atoms with Crippen LogP contribution in [0.4, 0.5) is 0 Å². The number of benzene rings is 1. The van der Waals surface area contributed by atoms with Crippen LogP contribution in [0.25, 0.3) is 16.8 Å². The van der Waals surface area contributed by atoms with Crippen LogP contribution in [0.2, 0.25) is 0 Å². The lowest BCUT2D eigenvalue weighted by molar-refractivity contribution is 0.986. The summed E-state index contributed by atoms with van der Waals surface area (Å²) in [5.74, 6) is 0. The van der Waals surface area contributed by atoms with E-state index in [0.717, 1.165) is 11.3 Å². The van der Waals surface area contributed by atoms with E-state index in [2.05, 4.69) is 4.98 Å². The molecule has 110 valence electrons. The number of fused-ring (bicyclic) bond motifs is 1. The molecule has 22 heavy (non-hydrogen) atoms. The molecule has 3 nitrogen and oxygen atoms in total. The summed E-state index contributed by atoms with van der Waals surface area (Å²) >= 11 is 6.34. The molecule has 0 atom stereocenters. The van der Waals surface area contributed by atoms with E-state index in [1.165, 1.54) is 11.6 Å². The minimum absolute atomic E-state index is 0.131. The summed E-state index contributed by atoms with van der Waals surface area (Å²) in [6, 6.07) is 15.0. The zero-order valence-corrected chi connectivity index (χ0v) is 13.1. The van der Waals surface area contributed by atoms with Crippen molar-refractivity contribution >= 4 is 28.4 Å². The van der Waals surface area contributed by atoms with Crippen molar-refractivity contribution in [1.29, 1.82) is 0 Å². The first-order chi connectivity index (χ1) is 10.5. The molecule has 2 aromatic heterocycles. The van der Waals surface area contributed by atoms with Gasteiger partial charge in [-0.3, -0.25) is 9.20 Å². The van der Waals surface area contributed by atoms with Crippen molar-refractivity contribution in [2.45, 2.75) is 13.8 Å². The van der Waals surface area contributed by atoms with Gasteiger partial charge in [0.15, 0.2) is 0 Å². The monoisotopic (exact) mass is 310 g/mol. The van der Waals surface area contributed by atoms with Gasteiger partial charge in [0.05, 0.1) is 10.7 Å². The van der Waals surface area contributed by atoms with Crippen molar-refractivity contribution in [3.05, 3.63) is 81.4 Å². The Kier molecular flexibility index (Phi) is 3.82. The average molecular weight is 311 g/mol. The summed E-state index contributed by atoms with van der Waals surface area (Å²) in [6.45, 7) is 3.91. The standard InChI is InChI=1S/C18H15ClN2O/c1-12-6-8-14(9-7-12)10-15(19)16-11-18(22)21-13(2)4-3-5-17(21)20-16/h3-11H,1-2H3/b15-10-. The Morgan fingerprint density at radius 1 is 1.14 bits per heavy atom. The maximum absolute atomic E-state index is 12.3. The van der Waals surface area contributed by atoms with E-state index < -0.39 is 0 Å². The Morgan fingerprint density at radius 2 is 1.86 bits per heavy atom. The largest absolute Gasteiger partial charge is 0.269 e. The summed E-state index contributed by atoms with van der Waals surface area (Å²) in [4.78, 5) is 16.7. The van der Waals surface area contributed by atoms with Crippen molar-refractivity contribution in [3.8, 4) is 0 Å². The SMILES string of the molecule is Cc1ccc(/C=C(\Cl)c2cc(=O)n3c(C)cccc3n2)cc1. The highest BCUT2D eigenvalue weighted by Crippen LogP contribution is 2.20. The Balaban J connectivity index is 2.10. The summed E-state index contributed by atoms with van der Waals surface area (Å²) < 4.78 is 1.57. The van der Waals surface area contributed by atoms with Crippen LogP contribution < -0.4 is 5.56 Å². The van der Waals surface area contributed by atoms with Crippen LogP contribution in [0.3, 0.4) is 0 Å². The molecule has 0 radical (unpaired) electrons. The zero-order valence-electron chi connectivity index (χ0n) is 12.4. The highest BCUT2D eigenvalue weighted by atomic mass is 35.5. The summed E-state index contributed by atoms with van der Waals surface area (Å²) in [5, 5.41) is 0.449. The molecule has 1 aromatic carbocycles. The second kappa shape index (κ2) is 5.78. The molecule has 0 spiro atoms.